The molecular formula is C18H24N2O3S. The fourth-order valence-electron chi connectivity index (χ4n) is 3.22. The van der Waals surface area contributed by atoms with Gasteiger partial charge in [0.05, 0.1) is 4.90 Å². The van der Waals surface area contributed by atoms with E-state index in [0.717, 1.165) is 35.0 Å². The Hall–Kier alpha value is -1.66. The van der Waals surface area contributed by atoms with Gasteiger partial charge in [0, 0.05) is 34.1 Å². The zero-order chi connectivity index (χ0) is 17.7. The molecule has 1 aromatic heterocycles. The van der Waals surface area contributed by atoms with Gasteiger partial charge in [-0.25, -0.2) is 13.1 Å². The van der Waals surface area contributed by atoms with Crippen LogP contribution in [0.5, 0.6) is 0 Å². The van der Waals surface area contributed by atoms with Gasteiger partial charge in [-0.2, -0.15) is 0 Å². The van der Waals surface area contributed by atoms with Crippen LogP contribution in [0.25, 0.3) is 10.9 Å². The number of carbonyl (C=O) groups excluding carboxylic acids is 1. The summed E-state index contributed by atoms with van der Waals surface area (Å²) in [4.78, 5) is 15.7. The molecule has 0 fully saturated rings. The van der Waals surface area contributed by atoms with Crippen LogP contribution in [0.2, 0.25) is 0 Å². The van der Waals surface area contributed by atoms with E-state index < -0.39 is 15.6 Å². The summed E-state index contributed by atoms with van der Waals surface area (Å²) in [6.45, 7) is 7.46. The Morgan fingerprint density at radius 3 is 2.62 bits per heavy atom. The summed E-state index contributed by atoms with van der Waals surface area (Å²) < 4.78 is 28.3. The maximum Gasteiger partial charge on any atom is 0.241 e. The number of fused-ring (bicyclic) bond motifs is 3. The number of Topliss-reactive ketones (excluding diaryl/α,β-unsaturated/α-hetero) is 1. The van der Waals surface area contributed by atoms with E-state index in [1.165, 1.54) is 0 Å². The Balaban J connectivity index is 2.14. The molecule has 2 aromatic rings. The highest BCUT2D eigenvalue weighted by molar-refractivity contribution is 7.89. The van der Waals surface area contributed by atoms with Crippen molar-refractivity contribution in [3.8, 4) is 0 Å². The lowest BCUT2D eigenvalue weighted by molar-refractivity contribution is 0.0974. The van der Waals surface area contributed by atoms with Crippen molar-refractivity contribution in [1.29, 1.82) is 0 Å². The third-order valence-corrected chi connectivity index (χ3v) is 6.71. The Kier molecular flexibility index (Phi) is 4.08. The molecule has 5 nitrogen and oxygen atoms in total. The number of hydrogen-bond donors (Lipinski definition) is 2. The van der Waals surface area contributed by atoms with Crippen LogP contribution in [0.15, 0.2) is 17.0 Å². The topological polar surface area (TPSA) is 79.0 Å². The number of ketones is 1. The highest BCUT2D eigenvalue weighted by Gasteiger charge is 2.28. The van der Waals surface area contributed by atoms with Gasteiger partial charge in [0.1, 0.15) is 0 Å². The maximum absolute atomic E-state index is 12.8. The molecule has 24 heavy (non-hydrogen) atoms. The summed E-state index contributed by atoms with van der Waals surface area (Å²) in [5, 5.41) is 0.834. The SMILES string of the molecule is CCC(C)(C)NS(=O)(=O)c1cc2[nH]c3c(c2cc1C)C(=O)CCC3. The molecule has 1 aliphatic rings. The van der Waals surface area contributed by atoms with Crippen LogP contribution in [0.3, 0.4) is 0 Å². The average Bonchev–Trinajstić information content (AvgIpc) is 2.84. The lowest BCUT2D eigenvalue weighted by atomic mass is 9.94. The molecular weight excluding hydrogens is 324 g/mol. The summed E-state index contributed by atoms with van der Waals surface area (Å²) in [6, 6.07) is 3.48. The smallest absolute Gasteiger partial charge is 0.241 e. The van der Waals surface area contributed by atoms with Crippen LogP contribution in [0.4, 0.5) is 0 Å². The second kappa shape index (κ2) is 5.70. The van der Waals surface area contributed by atoms with Gasteiger partial charge in [-0.3, -0.25) is 4.79 Å². The van der Waals surface area contributed by atoms with Crippen molar-refractivity contribution in [2.75, 3.05) is 0 Å². The number of aromatic nitrogens is 1. The van der Waals surface area contributed by atoms with Gasteiger partial charge in [0.25, 0.3) is 0 Å². The number of rotatable bonds is 4. The lowest BCUT2D eigenvalue weighted by Gasteiger charge is -2.24. The molecule has 1 aliphatic carbocycles. The van der Waals surface area contributed by atoms with Gasteiger partial charge in [0.15, 0.2) is 5.78 Å². The predicted octanol–water partition coefficient (Wildman–Crippen LogP) is 3.46. The number of nitrogens with one attached hydrogen (secondary N) is 2. The minimum absolute atomic E-state index is 0.141. The first-order valence-corrected chi connectivity index (χ1v) is 9.85. The fraction of sp³-hybridized carbons (Fsp3) is 0.500. The maximum atomic E-state index is 12.8. The quantitative estimate of drug-likeness (QED) is 0.888. The van der Waals surface area contributed by atoms with E-state index in [9.17, 15) is 13.2 Å². The van der Waals surface area contributed by atoms with Crippen LogP contribution >= 0.6 is 0 Å². The third kappa shape index (κ3) is 2.89. The number of aromatic amines is 1. The first-order valence-electron chi connectivity index (χ1n) is 8.37. The number of sulfonamides is 1. The molecule has 130 valence electrons. The molecule has 2 N–H and O–H groups in total. The molecule has 0 spiro atoms. The molecule has 1 aromatic carbocycles. The predicted molar refractivity (Wildman–Crippen MR) is 95.0 cm³/mol. The molecule has 0 saturated heterocycles. The van der Waals surface area contributed by atoms with Crippen LogP contribution in [0, 0.1) is 6.92 Å². The highest BCUT2D eigenvalue weighted by atomic mass is 32.2. The van der Waals surface area contributed by atoms with E-state index in [1.807, 2.05) is 26.8 Å². The van der Waals surface area contributed by atoms with Crippen LogP contribution < -0.4 is 4.72 Å². The van der Waals surface area contributed by atoms with Gasteiger partial charge in [0.2, 0.25) is 10.0 Å². The Morgan fingerprint density at radius 1 is 1.25 bits per heavy atom. The van der Waals surface area contributed by atoms with E-state index in [2.05, 4.69) is 9.71 Å². The minimum atomic E-state index is -3.62. The number of H-pyrrole nitrogens is 1. The first kappa shape index (κ1) is 17.2. The van der Waals surface area contributed by atoms with Crippen molar-refractivity contribution in [2.45, 2.75) is 63.8 Å². The van der Waals surface area contributed by atoms with Gasteiger partial charge in [-0.1, -0.05) is 6.92 Å². The summed E-state index contributed by atoms with van der Waals surface area (Å²) in [6.07, 6.45) is 2.93. The normalized spacial score (nSPS) is 15.8. The van der Waals surface area contributed by atoms with Crippen molar-refractivity contribution in [1.82, 2.24) is 9.71 Å². The van der Waals surface area contributed by atoms with E-state index in [4.69, 9.17) is 0 Å². The van der Waals surface area contributed by atoms with Crippen LogP contribution in [-0.2, 0) is 16.4 Å². The van der Waals surface area contributed by atoms with E-state index in [0.29, 0.717) is 18.4 Å². The summed E-state index contributed by atoms with van der Waals surface area (Å²) in [5.74, 6) is 0.141. The fourth-order valence-corrected chi connectivity index (χ4v) is 4.96. The summed E-state index contributed by atoms with van der Waals surface area (Å²) in [7, 11) is -3.62. The molecule has 6 heteroatoms. The largest absolute Gasteiger partial charge is 0.358 e. The van der Waals surface area contributed by atoms with E-state index >= 15 is 0 Å². The number of benzene rings is 1. The molecule has 0 amide bonds. The standard InChI is InChI=1S/C18H24N2O3S/c1-5-18(3,4)20-24(22,23)16-10-14-12(9-11(16)2)17-13(19-14)7-6-8-15(17)21/h9-10,19-20H,5-8H2,1-4H3. The van der Waals surface area contributed by atoms with Gasteiger partial charge in [-0.05, 0) is 57.7 Å². The molecule has 0 aliphatic heterocycles. The van der Waals surface area contributed by atoms with Crippen molar-refractivity contribution in [3.05, 3.63) is 29.0 Å². The first-order chi connectivity index (χ1) is 11.1. The Labute approximate surface area is 142 Å². The van der Waals surface area contributed by atoms with Gasteiger partial charge in [-0.15, -0.1) is 0 Å². The second-order valence-electron chi connectivity index (χ2n) is 7.26. The Bertz CT molecular complexity index is 923. The molecule has 3 rings (SSSR count). The molecule has 0 atom stereocenters. The van der Waals surface area contributed by atoms with Crippen molar-refractivity contribution < 1.29 is 13.2 Å². The minimum Gasteiger partial charge on any atom is -0.358 e. The molecule has 0 unspecified atom stereocenters. The van der Waals surface area contributed by atoms with Crippen molar-refractivity contribution >= 4 is 26.7 Å². The van der Waals surface area contributed by atoms with E-state index in [-0.39, 0.29) is 10.7 Å². The zero-order valence-electron chi connectivity index (χ0n) is 14.6. The van der Waals surface area contributed by atoms with Crippen molar-refractivity contribution in [3.63, 3.8) is 0 Å². The van der Waals surface area contributed by atoms with Crippen LogP contribution in [0.1, 0.15) is 61.6 Å². The number of carbonyl (C=O) groups is 1. The molecule has 0 radical (unpaired) electrons. The third-order valence-electron chi connectivity index (χ3n) is 4.87. The second-order valence-corrected chi connectivity index (χ2v) is 8.91. The summed E-state index contributed by atoms with van der Waals surface area (Å²) >= 11 is 0. The molecule has 1 heterocycles. The number of hydrogen-bond acceptors (Lipinski definition) is 3. The number of aryl methyl sites for hydroxylation is 2. The highest BCUT2D eigenvalue weighted by Crippen LogP contribution is 2.32. The van der Waals surface area contributed by atoms with Crippen molar-refractivity contribution in [2.24, 2.45) is 0 Å². The lowest BCUT2D eigenvalue weighted by Crippen LogP contribution is -2.42. The van der Waals surface area contributed by atoms with Gasteiger partial charge >= 0.3 is 0 Å². The van der Waals surface area contributed by atoms with Crippen LogP contribution in [-0.4, -0.2) is 24.7 Å². The Morgan fingerprint density at radius 2 is 1.96 bits per heavy atom. The zero-order valence-corrected chi connectivity index (χ0v) is 15.4. The average molecular weight is 348 g/mol. The molecule has 0 bridgehead atoms. The van der Waals surface area contributed by atoms with E-state index in [1.54, 1.807) is 13.0 Å². The molecule has 0 saturated carbocycles. The van der Waals surface area contributed by atoms with Gasteiger partial charge < -0.3 is 4.98 Å². The summed E-state index contributed by atoms with van der Waals surface area (Å²) in [5.41, 5.74) is 2.53. The monoisotopic (exact) mass is 348 g/mol.